The van der Waals surface area contributed by atoms with Gasteiger partial charge in [0.15, 0.2) is 16.7 Å². The quantitative estimate of drug-likeness (QED) is 0.429. The highest BCUT2D eigenvalue weighted by molar-refractivity contribution is 8.18. The van der Waals surface area contributed by atoms with Gasteiger partial charge in [-0.15, -0.1) is 0 Å². The number of aliphatic imine (C=N–C) groups is 1. The van der Waals surface area contributed by atoms with Gasteiger partial charge in [-0.05, 0) is 79.6 Å². The van der Waals surface area contributed by atoms with E-state index in [-0.39, 0.29) is 5.91 Å². The van der Waals surface area contributed by atoms with Crippen molar-refractivity contribution < 1.29 is 14.3 Å². The summed E-state index contributed by atoms with van der Waals surface area (Å²) in [5.41, 5.74) is 1.63. The molecule has 0 aliphatic carbocycles. The zero-order valence-electron chi connectivity index (χ0n) is 18.2. The minimum absolute atomic E-state index is 0.0433. The number of hydrogen-bond acceptors (Lipinski definition) is 5. The Balaban J connectivity index is 1.94. The fourth-order valence-corrected chi connectivity index (χ4v) is 4.19. The van der Waals surface area contributed by atoms with Gasteiger partial charge in [-0.25, -0.2) is 4.99 Å². The molecule has 7 heteroatoms. The molecule has 5 nitrogen and oxygen atoms in total. The number of amidine groups is 1. The fourth-order valence-electron chi connectivity index (χ4n) is 3.05. The third-order valence-corrected chi connectivity index (χ3v) is 5.61. The van der Waals surface area contributed by atoms with Crippen LogP contribution in [0.1, 0.15) is 33.3 Å². The molecule has 1 aliphatic heterocycles. The van der Waals surface area contributed by atoms with E-state index in [9.17, 15) is 4.79 Å². The first-order chi connectivity index (χ1) is 14.9. The summed E-state index contributed by atoms with van der Waals surface area (Å²) in [6, 6.07) is 13.0. The Kier molecular flexibility index (Phi) is 8.04. The molecule has 3 rings (SSSR count). The highest BCUT2D eigenvalue weighted by atomic mass is 35.5. The van der Waals surface area contributed by atoms with Gasteiger partial charge in [0.05, 0.1) is 23.8 Å². The molecule has 1 heterocycles. The van der Waals surface area contributed by atoms with Crippen molar-refractivity contribution in [2.24, 2.45) is 10.9 Å². The van der Waals surface area contributed by atoms with Crippen LogP contribution in [0.15, 0.2) is 52.4 Å². The predicted molar refractivity (Wildman–Crippen MR) is 129 cm³/mol. The van der Waals surface area contributed by atoms with Crippen molar-refractivity contribution in [1.82, 2.24) is 4.90 Å². The van der Waals surface area contributed by atoms with Gasteiger partial charge in [0, 0.05) is 11.6 Å². The van der Waals surface area contributed by atoms with Gasteiger partial charge >= 0.3 is 0 Å². The van der Waals surface area contributed by atoms with Crippen LogP contribution in [0, 0.1) is 5.92 Å². The molecule has 0 spiro atoms. The molecule has 2 aromatic rings. The van der Waals surface area contributed by atoms with E-state index in [0.29, 0.717) is 52.3 Å². The van der Waals surface area contributed by atoms with Crippen LogP contribution in [0.5, 0.6) is 11.5 Å². The van der Waals surface area contributed by atoms with Gasteiger partial charge in [-0.3, -0.25) is 9.69 Å². The molecule has 0 radical (unpaired) electrons. The molecule has 0 N–H and O–H groups in total. The normalized spacial score (nSPS) is 16.6. The Morgan fingerprint density at radius 1 is 1.06 bits per heavy atom. The molecular formula is C24H27ClN2O3S. The highest BCUT2D eigenvalue weighted by Crippen LogP contribution is 2.36. The number of halogens is 1. The average molecular weight is 459 g/mol. The summed E-state index contributed by atoms with van der Waals surface area (Å²) in [6.07, 6.45) is 1.88. The predicted octanol–water partition coefficient (Wildman–Crippen LogP) is 6.40. The maximum absolute atomic E-state index is 13.2. The van der Waals surface area contributed by atoms with Gasteiger partial charge in [-0.2, -0.15) is 0 Å². The van der Waals surface area contributed by atoms with Crippen molar-refractivity contribution in [3.8, 4) is 11.5 Å². The Hall–Kier alpha value is -2.44. The van der Waals surface area contributed by atoms with Gasteiger partial charge in [0.2, 0.25) is 0 Å². The summed E-state index contributed by atoms with van der Waals surface area (Å²) in [5, 5.41) is 1.32. The number of thioether (sulfide) groups is 1. The maximum atomic E-state index is 13.2. The van der Waals surface area contributed by atoms with E-state index >= 15 is 0 Å². The zero-order valence-corrected chi connectivity index (χ0v) is 19.8. The summed E-state index contributed by atoms with van der Waals surface area (Å²) in [7, 11) is 0. The standard InChI is InChI=1S/C24H27ClN2O3S/c1-5-29-20-12-7-17(13-21(20)30-6-2)14-22-23(28)27(15-16(3)4)24(31-22)26-19-10-8-18(25)9-11-19/h7-14,16H,5-6,15H2,1-4H3/b22-14-,26-24?. The zero-order chi connectivity index (χ0) is 22.4. The molecule has 1 saturated heterocycles. The number of carbonyl (C=O) groups excluding carboxylic acids is 1. The summed E-state index contributed by atoms with van der Waals surface area (Å²) in [4.78, 5) is 20.2. The maximum Gasteiger partial charge on any atom is 0.266 e. The molecule has 0 saturated carbocycles. The second-order valence-corrected chi connectivity index (χ2v) is 8.81. The summed E-state index contributed by atoms with van der Waals surface area (Å²) in [6.45, 7) is 9.73. The lowest BCUT2D eigenvalue weighted by atomic mass is 10.1. The topological polar surface area (TPSA) is 51.1 Å². The van der Waals surface area contributed by atoms with Crippen LogP contribution in [0.3, 0.4) is 0 Å². The molecule has 0 bridgehead atoms. The van der Waals surface area contributed by atoms with Gasteiger partial charge in [-0.1, -0.05) is 31.5 Å². The fraction of sp³-hybridized carbons (Fsp3) is 0.333. The summed E-state index contributed by atoms with van der Waals surface area (Å²) < 4.78 is 11.3. The van der Waals surface area contributed by atoms with E-state index in [2.05, 4.69) is 13.8 Å². The molecule has 1 aliphatic rings. The van der Waals surface area contributed by atoms with Crippen LogP contribution < -0.4 is 9.47 Å². The molecule has 0 atom stereocenters. The van der Waals surface area contributed by atoms with Gasteiger partial charge in [0.25, 0.3) is 5.91 Å². The van der Waals surface area contributed by atoms with Crippen molar-refractivity contribution >= 4 is 46.2 Å². The van der Waals surface area contributed by atoms with E-state index in [1.165, 1.54) is 11.8 Å². The summed E-state index contributed by atoms with van der Waals surface area (Å²) in [5.74, 6) is 1.64. The van der Waals surface area contributed by atoms with Crippen LogP contribution in [-0.2, 0) is 4.79 Å². The third kappa shape index (κ3) is 6.05. The average Bonchev–Trinajstić information content (AvgIpc) is 3.00. The Morgan fingerprint density at radius 3 is 2.39 bits per heavy atom. The van der Waals surface area contributed by atoms with Crippen molar-refractivity contribution in [2.45, 2.75) is 27.7 Å². The number of nitrogens with zero attached hydrogens (tertiary/aromatic N) is 2. The van der Waals surface area contributed by atoms with Crippen molar-refractivity contribution in [3.05, 3.63) is 58.0 Å². The monoisotopic (exact) mass is 458 g/mol. The Bertz CT molecular complexity index is 987. The molecule has 31 heavy (non-hydrogen) atoms. The number of rotatable bonds is 8. The van der Waals surface area contributed by atoms with E-state index in [0.717, 1.165) is 11.3 Å². The smallest absolute Gasteiger partial charge is 0.266 e. The number of hydrogen-bond donors (Lipinski definition) is 0. The van der Waals surface area contributed by atoms with Crippen LogP contribution in [-0.4, -0.2) is 35.7 Å². The molecule has 0 aromatic heterocycles. The third-order valence-electron chi connectivity index (χ3n) is 4.35. The second-order valence-electron chi connectivity index (χ2n) is 7.36. The second kappa shape index (κ2) is 10.7. The molecule has 0 unspecified atom stereocenters. The molecule has 2 aromatic carbocycles. The molecule has 1 amide bonds. The van der Waals surface area contributed by atoms with Crippen LogP contribution in [0.4, 0.5) is 5.69 Å². The van der Waals surface area contributed by atoms with Crippen LogP contribution in [0.2, 0.25) is 5.02 Å². The van der Waals surface area contributed by atoms with E-state index in [4.69, 9.17) is 26.1 Å². The van der Waals surface area contributed by atoms with Crippen LogP contribution in [0.25, 0.3) is 6.08 Å². The molecule has 1 fully saturated rings. The van der Waals surface area contributed by atoms with Crippen molar-refractivity contribution in [2.75, 3.05) is 19.8 Å². The number of carbonyl (C=O) groups is 1. The summed E-state index contributed by atoms with van der Waals surface area (Å²) >= 11 is 7.36. The van der Waals surface area contributed by atoms with Crippen LogP contribution >= 0.6 is 23.4 Å². The Morgan fingerprint density at radius 2 is 1.74 bits per heavy atom. The molecule has 164 valence electrons. The first-order valence-electron chi connectivity index (χ1n) is 10.4. The van der Waals surface area contributed by atoms with E-state index < -0.39 is 0 Å². The first kappa shape index (κ1) is 23.2. The minimum Gasteiger partial charge on any atom is -0.490 e. The lowest BCUT2D eigenvalue weighted by Gasteiger charge is -2.17. The minimum atomic E-state index is -0.0433. The van der Waals surface area contributed by atoms with E-state index in [1.807, 2.05) is 50.3 Å². The van der Waals surface area contributed by atoms with Gasteiger partial charge < -0.3 is 9.47 Å². The lowest BCUT2D eigenvalue weighted by Crippen LogP contribution is -2.32. The lowest BCUT2D eigenvalue weighted by molar-refractivity contribution is -0.122. The largest absolute Gasteiger partial charge is 0.490 e. The van der Waals surface area contributed by atoms with E-state index in [1.54, 1.807) is 17.0 Å². The number of ether oxygens (including phenoxy) is 2. The number of amides is 1. The Labute approximate surface area is 193 Å². The molecular weight excluding hydrogens is 432 g/mol. The highest BCUT2D eigenvalue weighted by Gasteiger charge is 2.33. The van der Waals surface area contributed by atoms with Crippen molar-refractivity contribution in [1.29, 1.82) is 0 Å². The van der Waals surface area contributed by atoms with Crippen molar-refractivity contribution in [3.63, 3.8) is 0 Å². The first-order valence-corrected chi connectivity index (χ1v) is 11.6. The number of benzene rings is 2. The SMILES string of the molecule is CCOc1ccc(/C=C2\SC(=Nc3ccc(Cl)cc3)N(CC(C)C)C2=O)cc1OCC. The van der Waals surface area contributed by atoms with Gasteiger partial charge in [0.1, 0.15) is 0 Å².